The number of hydrogen-bond donors (Lipinski definition) is 1. The van der Waals surface area contributed by atoms with Crippen molar-refractivity contribution >= 4 is 11.6 Å². The second-order valence-electron chi connectivity index (χ2n) is 5.17. The molecule has 0 bridgehead atoms. The summed E-state index contributed by atoms with van der Waals surface area (Å²) in [6.45, 7) is 6.52. The lowest BCUT2D eigenvalue weighted by Gasteiger charge is -2.16. The van der Waals surface area contributed by atoms with Crippen LogP contribution in [0, 0.1) is 6.92 Å². The van der Waals surface area contributed by atoms with E-state index in [1.165, 1.54) is 32.1 Å². The van der Waals surface area contributed by atoms with E-state index < -0.39 is 0 Å². The first kappa shape index (κ1) is 13.8. The fraction of sp³-hybridized carbons (Fsp3) is 0.600. The monoisotopic (exact) mass is 260 g/mol. The molecule has 2 aromatic heterocycles. The van der Waals surface area contributed by atoms with Gasteiger partial charge in [-0.25, -0.2) is 4.52 Å². The SMILES string of the molecule is CCCCC(CCC)Nc1nc2c(C)cccn2n1. The zero-order valence-electron chi connectivity index (χ0n) is 12.2. The molecular formula is C15H24N4. The van der Waals surface area contributed by atoms with E-state index in [4.69, 9.17) is 0 Å². The third kappa shape index (κ3) is 3.46. The van der Waals surface area contributed by atoms with Gasteiger partial charge in [0, 0.05) is 12.2 Å². The molecule has 19 heavy (non-hydrogen) atoms. The summed E-state index contributed by atoms with van der Waals surface area (Å²) in [4.78, 5) is 4.58. The molecule has 1 N–H and O–H groups in total. The van der Waals surface area contributed by atoms with Crippen LogP contribution in [0.15, 0.2) is 18.3 Å². The van der Waals surface area contributed by atoms with Gasteiger partial charge in [0.15, 0.2) is 5.65 Å². The van der Waals surface area contributed by atoms with Gasteiger partial charge in [0.1, 0.15) is 0 Å². The van der Waals surface area contributed by atoms with E-state index in [1.54, 1.807) is 0 Å². The minimum atomic E-state index is 0.489. The summed E-state index contributed by atoms with van der Waals surface area (Å²) in [5.41, 5.74) is 2.10. The fourth-order valence-electron chi connectivity index (χ4n) is 2.37. The predicted molar refractivity (Wildman–Crippen MR) is 79.6 cm³/mol. The van der Waals surface area contributed by atoms with Crippen molar-refractivity contribution in [2.75, 3.05) is 5.32 Å². The number of hydrogen-bond acceptors (Lipinski definition) is 3. The van der Waals surface area contributed by atoms with Crippen LogP contribution in [0.4, 0.5) is 5.95 Å². The lowest BCUT2D eigenvalue weighted by Crippen LogP contribution is -2.20. The number of aryl methyl sites for hydroxylation is 1. The lowest BCUT2D eigenvalue weighted by molar-refractivity contribution is 0.561. The minimum absolute atomic E-state index is 0.489. The molecule has 1 atom stereocenters. The van der Waals surface area contributed by atoms with E-state index in [9.17, 15) is 0 Å². The maximum atomic E-state index is 4.58. The zero-order valence-corrected chi connectivity index (χ0v) is 12.2. The molecule has 0 spiro atoms. The van der Waals surface area contributed by atoms with Crippen LogP contribution in [0.2, 0.25) is 0 Å². The topological polar surface area (TPSA) is 42.2 Å². The summed E-state index contributed by atoms with van der Waals surface area (Å²) in [5, 5.41) is 7.99. The Balaban J connectivity index is 2.12. The Kier molecular flexibility index (Phi) is 4.77. The summed E-state index contributed by atoms with van der Waals surface area (Å²) >= 11 is 0. The van der Waals surface area contributed by atoms with Crippen LogP contribution in [-0.2, 0) is 0 Å². The van der Waals surface area contributed by atoms with Crippen LogP contribution >= 0.6 is 0 Å². The molecule has 2 heterocycles. The molecule has 0 fully saturated rings. The smallest absolute Gasteiger partial charge is 0.243 e. The van der Waals surface area contributed by atoms with E-state index in [0.717, 1.165) is 17.2 Å². The standard InChI is InChI=1S/C15H24N4/c1-4-6-10-13(8-5-2)16-15-17-14-12(3)9-7-11-19(14)18-15/h7,9,11,13H,4-6,8,10H2,1-3H3,(H,16,18). The Hall–Kier alpha value is -1.58. The number of anilines is 1. The van der Waals surface area contributed by atoms with Gasteiger partial charge in [-0.15, -0.1) is 5.10 Å². The zero-order chi connectivity index (χ0) is 13.7. The van der Waals surface area contributed by atoms with Gasteiger partial charge >= 0.3 is 0 Å². The highest BCUT2D eigenvalue weighted by atomic mass is 15.3. The van der Waals surface area contributed by atoms with E-state index in [-0.39, 0.29) is 0 Å². The number of unbranched alkanes of at least 4 members (excludes halogenated alkanes) is 1. The Labute approximate surface area is 115 Å². The van der Waals surface area contributed by atoms with Crippen molar-refractivity contribution < 1.29 is 0 Å². The molecule has 0 amide bonds. The van der Waals surface area contributed by atoms with Gasteiger partial charge in [-0.05, 0) is 31.4 Å². The molecule has 0 saturated carbocycles. The van der Waals surface area contributed by atoms with Crippen molar-refractivity contribution in [1.29, 1.82) is 0 Å². The highest BCUT2D eigenvalue weighted by molar-refractivity contribution is 5.49. The van der Waals surface area contributed by atoms with Gasteiger partial charge < -0.3 is 5.32 Å². The molecule has 1 unspecified atom stereocenters. The number of nitrogens with one attached hydrogen (secondary N) is 1. The summed E-state index contributed by atoms with van der Waals surface area (Å²) < 4.78 is 1.85. The molecule has 104 valence electrons. The molecule has 0 aromatic carbocycles. The maximum absolute atomic E-state index is 4.58. The van der Waals surface area contributed by atoms with Gasteiger partial charge in [-0.3, -0.25) is 0 Å². The molecule has 2 rings (SSSR count). The van der Waals surface area contributed by atoms with E-state index in [2.05, 4.69) is 42.2 Å². The number of fused-ring (bicyclic) bond motifs is 1. The quantitative estimate of drug-likeness (QED) is 0.823. The van der Waals surface area contributed by atoms with Crippen LogP contribution in [-0.4, -0.2) is 20.6 Å². The molecular weight excluding hydrogens is 236 g/mol. The number of pyridine rings is 1. The van der Waals surface area contributed by atoms with Gasteiger partial charge in [0.05, 0.1) is 0 Å². The van der Waals surface area contributed by atoms with Gasteiger partial charge in [-0.2, -0.15) is 4.98 Å². The first-order valence-electron chi connectivity index (χ1n) is 7.33. The second kappa shape index (κ2) is 6.55. The van der Waals surface area contributed by atoms with Crippen molar-refractivity contribution in [3.05, 3.63) is 23.9 Å². The van der Waals surface area contributed by atoms with Crippen LogP contribution in [0.5, 0.6) is 0 Å². The molecule has 0 aliphatic carbocycles. The van der Waals surface area contributed by atoms with Crippen LogP contribution in [0.1, 0.15) is 51.5 Å². The minimum Gasteiger partial charge on any atom is -0.350 e. The van der Waals surface area contributed by atoms with Crippen molar-refractivity contribution in [2.45, 2.75) is 58.9 Å². The molecule has 0 aliphatic heterocycles. The van der Waals surface area contributed by atoms with Crippen molar-refractivity contribution in [3.8, 4) is 0 Å². The molecule has 4 heteroatoms. The summed E-state index contributed by atoms with van der Waals surface area (Å²) in [7, 11) is 0. The van der Waals surface area contributed by atoms with Crippen LogP contribution in [0.25, 0.3) is 5.65 Å². The van der Waals surface area contributed by atoms with E-state index in [1.807, 2.05) is 16.8 Å². The van der Waals surface area contributed by atoms with Crippen molar-refractivity contribution in [2.24, 2.45) is 0 Å². The first-order valence-corrected chi connectivity index (χ1v) is 7.33. The van der Waals surface area contributed by atoms with Gasteiger partial charge in [0.25, 0.3) is 0 Å². The Morgan fingerprint density at radius 2 is 2.11 bits per heavy atom. The molecule has 0 radical (unpaired) electrons. The normalized spacial score (nSPS) is 12.8. The third-order valence-corrected chi connectivity index (χ3v) is 3.43. The number of nitrogens with zero attached hydrogens (tertiary/aromatic N) is 3. The number of rotatable bonds is 7. The summed E-state index contributed by atoms with van der Waals surface area (Å²) in [5.74, 6) is 0.754. The largest absolute Gasteiger partial charge is 0.350 e. The summed E-state index contributed by atoms with van der Waals surface area (Å²) in [6, 6.07) is 4.55. The second-order valence-corrected chi connectivity index (χ2v) is 5.17. The van der Waals surface area contributed by atoms with E-state index >= 15 is 0 Å². The highest BCUT2D eigenvalue weighted by Crippen LogP contribution is 2.14. The Bertz CT molecular complexity index is 518. The van der Waals surface area contributed by atoms with Crippen LogP contribution in [0.3, 0.4) is 0 Å². The lowest BCUT2D eigenvalue weighted by atomic mass is 10.1. The number of aromatic nitrogens is 3. The van der Waals surface area contributed by atoms with Crippen LogP contribution < -0.4 is 5.32 Å². The van der Waals surface area contributed by atoms with E-state index in [0.29, 0.717) is 6.04 Å². The fourth-order valence-corrected chi connectivity index (χ4v) is 2.37. The Morgan fingerprint density at radius 1 is 1.26 bits per heavy atom. The molecule has 4 nitrogen and oxygen atoms in total. The van der Waals surface area contributed by atoms with Crippen molar-refractivity contribution in [1.82, 2.24) is 14.6 Å². The maximum Gasteiger partial charge on any atom is 0.243 e. The van der Waals surface area contributed by atoms with Gasteiger partial charge in [-0.1, -0.05) is 39.2 Å². The average molecular weight is 260 g/mol. The average Bonchev–Trinajstić information content (AvgIpc) is 2.80. The molecule has 0 saturated heterocycles. The molecule has 2 aromatic rings. The predicted octanol–water partition coefficient (Wildman–Crippen LogP) is 3.81. The van der Waals surface area contributed by atoms with Gasteiger partial charge in [0.2, 0.25) is 5.95 Å². The first-order chi connectivity index (χ1) is 9.24. The Morgan fingerprint density at radius 3 is 2.79 bits per heavy atom. The van der Waals surface area contributed by atoms with Crippen molar-refractivity contribution in [3.63, 3.8) is 0 Å². The third-order valence-electron chi connectivity index (χ3n) is 3.43. The highest BCUT2D eigenvalue weighted by Gasteiger charge is 2.11. The summed E-state index contributed by atoms with van der Waals surface area (Å²) in [6.07, 6.45) is 7.99. The molecule has 0 aliphatic rings.